The van der Waals surface area contributed by atoms with E-state index in [0.29, 0.717) is 23.6 Å². The molecule has 0 unspecified atom stereocenters. The van der Waals surface area contributed by atoms with Gasteiger partial charge < -0.3 is 21.5 Å². The number of allylic oxidation sites excluding steroid dienone is 1. The van der Waals surface area contributed by atoms with Crippen molar-refractivity contribution in [2.75, 3.05) is 22.9 Å². The molecule has 0 atom stereocenters. The van der Waals surface area contributed by atoms with Crippen molar-refractivity contribution >= 4 is 38.7 Å². The van der Waals surface area contributed by atoms with E-state index in [-0.39, 0.29) is 16.1 Å². The Morgan fingerprint density at radius 2 is 1.88 bits per heavy atom. The molecule has 0 aliphatic carbocycles. The number of anilines is 4. The highest BCUT2D eigenvalue weighted by atomic mass is 32.2. The highest BCUT2D eigenvalue weighted by molar-refractivity contribution is 7.89. The molecule has 0 heterocycles. The minimum atomic E-state index is -4.18. The van der Waals surface area contributed by atoms with Gasteiger partial charge in [0, 0.05) is 17.9 Å². The molecule has 0 aliphatic rings. The van der Waals surface area contributed by atoms with Crippen LogP contribution in [0.15, 0.2) is 53.4 Å². The first-order chi connectivity index (χ1) is 12.2. The number of nitrogens with one attached hydrogen (secondary N) is 2. The lowest BCUT2D eigenvalue weighted by Crippen LogP contribution is -2.17. The van der Waals surface area contributed by atoms with Crippen LogP contribution in [0.5, 0.6) is 0 Å². The van der Waals surface area contributed by atoms with Crippen molar-refractivity contribution < 1.29 is 18.3 Å². The van der Waals surface area contributed by atoms with Gasteiger partial charge in [0.1, 0.15) is 4.90 Å². The predicted molar refractivity (Wildman–Crippen MR) is 102 cm³/mol. The Labute approximate surface area is 151 Å². The van der Waals surface area contributed by atoms with Crippen molar-refractivity contribution in [2.24, 2.45) is 5.14 Å². The zero-order valence-electron chi connectivity index (χ0n) is 14.1. The monoisotopic (exact) mass is 376 g/mol. The van der Waals surface area contributed by atoms with Crippen molar-refractivity contribution in [3.8, 4) is 0 Å². The number of sulfonamides is 1. The average molecular weight is 376 g/mol. The van der Waals surface area contributed by atoms with Gasteiger partial charge in [0.05, 0.1) is 16.9 Å². The predicted octanol–water partition coefficient (Wildman–Crippen LogP) is 2.35. The van der Waals surface area contributed by atoms with Crippen LogP contribution in [0.3, 0.4) is 0 Å². The Kier molecular flexibility index (Phi) is 5.86. The molecule has 7 N–H and O–H groups in total. The van der Waals surface area contributed by atoms with E-state index in [9.17, 15) is 18.3 Å². The molecule has 0 saturated carbocycles. The summed E-state index contributed by atoms with van der Waals surface area (Å²) in [6.45, 7) is 2.21. The zero-order chi connectivity index (χ0) is 19.3. The normalized spacial score (nSPS) is 11.5. The molecule has 2 aromatic rings. The summed E-state index contributed by atoms with van der Waals surface area (Å²) in [5.41, 5.74) is 7.04. The second kappa shape index (κ2) is 7.89. The van der Waals surface area contributed by atoms with Gasteiger partial charge in [0.15, 0.2) is 0 Å². The van der Waals surface area contributed by atoms with E-state index in [1.807, 2.05) is 13.0 Å². The summed E-state index contributed by atoms with van der Waals surface area (Å²) in [6.07, 6.45) is 3.61. The second-order valence-electron chi connectivity index (χ2n) is 5.44. The van der Waals surface area contributed by atoms with Gasteiger partial charge in [0.2, 0.25) is 10.0 Å². The molecule has 0 bridgehead atoms. The Bertz CT molecular complexity index is 938. The molecule has 0 spiro atoms. The Morgan fingerprint density at radius 1 is 1.23 bits per heavy atom. The smallest absolute Gasteiger partial charge is 0.335 e. The first kappa shape index (κ1) is 19.3. The van der Waals surface area contributed by atoms with Crippen LogP contribution in [0, 0.1) is 0 Å². The van der Waals surface area contributed by atoms with Crippen LogP contribution in [-0.4, -0.2) is 26.0 Å². The molecule has 0 aromatic heterocycles. The molecule has 2 aromatic carbocycles. The van der Waals surface area contributed by atoms with Crippen LogP contribution in [0.25, 0.3) is 0 Å². The summed E-state index contributed by atoms with van der Waals surface area (Å²) < 4.78 is 24.1. The van der Waals surface area contributed by atoms with E-state index in [1.54, 1.807) is 30.3 Å². The maximum absolute atomic E-state index is 12.0. The largest absolute Gasteiger partial charge is 0.478 e. The third-order valence-corrected chi connectivity index (χ3v) is 4.42. The number of nitrogen functional groups attached to an aromatic ring is 1. The zero-order valence-corrected chi connectivity index (χ0v) is 14.9. The van der Waals surface area contributed by atoms with Crippen molar-refractivity contribution in [1.29, 1.82) is 0 Å². The fraction of sp³-hybridized carbons (Fsp3) is 0.118. The van der Waals surface area contributed by atoms with Crippen LogP contribution in [0.1, 0.15) is 17.3 Å². The Hall–Kier alpha value is -3.04. The van der Waals surface area contributed by atoms with Gasteiger partial charge in [0.25, 0.3) is 0 Å². The molecule has 0 saturated heterocycles. The van der Waals surface area contributed by atoms with Crippen LogP contribution in [-0.2, 0) is 10.0 Å². The summed E-state index contributed by atoms with van der Waals surface area (Å²) in [6, 6.07) is 9.01. The lowest BCUT2D eigenvalue weighted by atomic mass is 10.1. The topological polar surface area (TPSA) is 148 Å². The first-order valence-electron chi connectivity index (χ1n) is 7.64. The van der Waals surface area contributed by atoms with E-state index >= 15 is 0 Å². The number of hydrogen-bond acceptors (Lipinski definition) is 6. The molecule has 2 rings (SSSR count). The number of carboxylic acids is 1. The van der Waals surface area contributed by atoms with Gasteiger partial charge in [-0.3, -0.25) is 0 Å². The van der Waals surface area contributed by atoms with E-state index in [1.165, 1.54) is 6.07 Å². The highest BCUT2D eigenvalue weighted by Gasteiger charge is 2.21. The highest BCUT2D eigenvalue weighted by Crippen LogP contribution is 2.34. The minimum Gasteiger partial charge on any atom is -0.478 e. The van der Waals surface area contributed by atoms with E-state index in [2.05, 4.69) is 10.6 Å². The standard InChI is InChI=1S/C17H20N4O4S/c1-2-3-8-20-14-9-11(17(22)23)10-15(26(19,24)25)16(14)21-13-6-4-12(18)5-7-13/h2-7,9-10,20-21H,8,18H2,1H3,(H,22,23)(H2,19,24,25)/b3-2+. The molecule has 0 aliphatic heterocycles. The van der Waals surface area contributed by atoms with Crippen LogP contribution >= 0.6 is 0 Å². The van der Waals surface area contributed by atoms with Gasteiger partial charge in [-0.15, -0.1) is 0 Å². The van der Waals surface area contributed by atoms with Crippen LogP contribution < -0.4 is 21.5 Å². The molecule has 8 nitrogen and oxygen atoms in total. The lowest BCUT2D eigenvalue weighted by Gasteiger charge is -2.18. The number of nitrogens with two attached hydrogens (primary N) is 2. The number of primary sulfonamides is 1. The number of benzene rings is 2. The maximum atomic E-state index is 12.0. The molecular weight excluding hydrogens is 356 g/mol. The number of rotatable bonds is 7. The molecule has 9 heteroatoms. The molecule has 0 fully saturated rings. The molecular formula is C17H20N4O4S. The van der Waals surface area contributed by atoms with Crippen LogP contribution in [0.4, 0.5) is 22.7 Å². The SMILES string of the molecule is C/C=C/CNc1cc(C(=O)O)cc(S(N)(=O)=O)c1Nc1ccc(N)cc1. The summed E-state index contributed by atoms with van der Waals surface area (Å²) in [5, 5.41) is 20.5. The fourth-order valence-corrected chi connectivity index (χ4v) is 2.97. The molecule has 0 amide bonds. The first-order valence-corrected chi connectivity index (χ1v) is 9.18. The lowest BCUT2D eigenvalue weighted by molar-refractivity contribution is 0.0696. The fourth-order valence-electron chi connectivity index (χ4n) is 2.23. The van der Waals surface area contributed by atoms with Crippen LogP contribution in [0.2, 0.25) is 0 Å². The number of hydrogen-bond donors (Lipinski definition) is 5. The Morgan fingerprint density at radius 3 is 2.42 bits per heavy atom. The minimum absolute atomic E-state index is 0.159. The number of carboxylic acid groups (broad SMARTS) is 1. The molecule has 138 valence electrons. The molecule has 26 heavy (non-hydrogen) atoms. The Balaban J connectivity index is 2.62. The van der Waals surface area contributed by atoms with Gasteiger partial charge in [-0.2, -0.15) is 0 Å². The van der Waals surface area contributed by atoms with Gasteiger partial charge in [-0.1, -0.05) is 12.2 Å². The third-order valence-electron chi connectivity index (χ3n) is 3.48. The van der Waals surface area contributed by atoms with Crippen molar-refractivity contribution in [3.63, 3.8) is 0 Å². The number of carbonyl (C=O) groups is 1. The summed E-state index contributed by atoms with van der Waals surface area (Å²) in [4.78, 5) is 11.0. The second-order valence-corrected chi connectivity index (χ2v) is 6.97. The van der Waals surface area contributed by atoms with Crippen molar-refractivity contribution in [2.45, 2.75) is 11.8 Å². The summed E-state index contributed by atoms with van der Waals surface area (Å²) >= 11 is 0. The van der Waals surface area contributed by atoms with Gasteiger partial charge in [-0.05, 0) is 43.3 Å². The van der Waals surface area contributed by atoms with Crippen molar-refractivity contribution in [3.05, 3.63) is 54.1 Å². The van der Waals surface area contributed by atoms with E-state index < -0.39 is 16.0 Å². The quantitative estimate of drug-likeness (QED) is 0.368. The van der Waals surface area contributed by atoms with Gasteiger partial charge in [-0.25, -0.2) is 18.4 Å². The number of aromatic carboxylic acids is 1. The van der Waals surface area contributed by atoms with Gasteiger partial charge >= 0.3 is 5.97 Å². The maximum Gasteiger partial charge on any atom is 0.335 e. The molecule has 0 radical (unpaired) electrons. The average Bonchev–Trinajstić information content (AvgIpc) is 2.57. The summed E-state index contributed by atoms with van der Waals surface area (Å²) in [5.74, 6) is -1.26. The third kappa shape index (κ3) is 4.74. The summed E-state index contributed by atoms with van der Waals surface area (Å²) in [7, 11) is -4.18. The van der Waals surface area contributed by atoms with Crippen molar-refractivity contribution in [1.82, 2.24) is 0 Å². The van der Waals surface area contributed by atoms with E-state index in [0.717, 1.165) is 6.07 Å². The van der Waals surface area contributed by atoms with E-state index in [4.69, 9.17) is 10.9 Å².